The van der Waals surface area contributed by atoms with Crippen molar-refractivity contribution >= 4 is 22.3 Å². The number of rotatable bonds is 6. The molecule has 0 atom stereocenters. The van der Waals surface area contributed by atoms with E-state index in [4.69, 9.17) is 0 Å². The van der Waals surface area contributed by atoms with Gasteiger partial charge in [-0.3, -0.25) is 4.99 Å². The highest BCUT2D eigenvalue weighted by atomic mass is 32.1. The summed E-state index contributed by atoms with van der Waals surface area (Å²) < 4.78 is 0. The Hall–Kier alpha value is -2.05. The Morgan fingerprint density at radius 3 is 2.63 bits per heavy atom. The van der Waals surface area contributed by atoms with E-state index in [9.17, 15) is 0 Å². The van der Waals surface area contributed by atoms with Crippen LogP contribution in [0, 0.1) is 0 Å². The van der Waals surface area contributed by atoms with Crippen molar-refractivity contribution in [2.24, 2.45) is 4.99 Å². The summed E-state index contributed by atoms with van der Waals surface area (Å²) in [7, 11) is 6.04. The third-order valence-corrected chi connectivity index (χ3v) is 5.76. The molecule has 27 heavy (non-hydrogen) atoms. The smallest absolute Gasteiger partial charge is 0.191 e. The monoisotopic (exact) mass is 385 g/mol. The zero-order valence-corrected chi connectivity index (χ0v) is 17.4. The number of hydrogen-bond donors (Lipinski definition) is 2. The number of nitrogens with zero attached hydrogens (tertiary/aromatic N) is 3. The number of benzene rings is 1. The molecule has 1 fully saturated rings. The first-order chi connectivity index (χ1) is 13.1. The maximum atomic E-state index is 4.41. The van der Waals surface area contributed by atoms with E-state index in [1.807, 2.05) is 18.4 Å². The molecule has 146 valence electrons. The second kappa shape index (κ2) is 9.76. The van der Waals surface area contributed by atoms with Gasteiger partial charge in [-0.1, -0.05) is 24.3 Å². The Labute approximate surface area is 167 Å². The minimum absolute atomic E-state index is 0.479. The van der Waals surface area contributed by atoms with Crippen molar-refractivity contribution in [3.63, 3.8) is 0 Å². The van der Waals surface area contributed by atoms with Crippen LogP contribution in [-0.2, 0) is 13.1 Å². The van der Waals surface area contributed by atoms with E-state index in [0.717, 1.165) is 45.0 Å². The Kier molecular flexibility index (Phi) is 7.12. The van der Waals surface area contributed by atoms with Crippen molar-refractivity contribution in [1.82, 2.24) is 15.5 Å². The van der Waals surface area contributed by atoms with Crippen molar-refractivity contribution in [1.29, 1.82) is 0 Å². The van der Waals surface area contributed by atoms with Crippen LogP contribution in [0.4, 0.5) is 5.00 Å². The van der Waals surface area contributed by atoms with Crippen LogP contribution in [0.25, 0.3) is 0 Å². The fraction of sp³-hybridized carbons (Fsp3) is 0.476. The number of guanidine groups is 1. The quantitative estimate of drug-likeness (QED) is 0.592. The summed E-state index contributed by atoms with van der Waals surface area (Å²) in [4.78, 5) is 9.08. The Morgan fingerprint density at radius 1 is 1.19 bits per heavy atom. The average molecular weight is 386 g/mol. The van der Waals surface area contributed by atoms with E-state index < -0.39 is 0 Å². The molecular formula is C21H31N5S. The first-order valence-electron chi connectivity index (χ1n) is 9.62. The van der Waals surface area contributed by atoms with Gasteiger partial charge < -0.3 is 20.4 Å². The minimum atomic E-state index is 0.479. The van der Waals surface area contributed by atoms with Crippen LogP contribution >= 0.6 is 11.3 Å². The molecule has 3 rings (SSSR count). The lowest BCUT2D eigenvalue weighted by Gasteiger charge is -2.33. The van der Waals surface area contributed by atoms with E-state index >= 15 is 0 Å². The highest BCUT2D eigenvalue weighted by Crippen LogP contribution is 2.24. The maximum Gasteiger partial charge on any atom is 0.191 e. The van der Waals surface area contributed by atoms with Crippen molar-refractivity contribution < 1.29 is 0 Å². The molecule has 2 heterocycles. The SMILES string of the molecule is CN=C(NCc1cccc(CN(C)C)c1)NC1CCN(c2cccs2)CC1. The number of piperidine rings is 1. The molecule has 1 saturated heterocycles. The molecule has 2 aromatic rings. The van der Waals surface area contributed by atoms with Gasteiger partial charge in [-0.2, -0.15) is 0 Å². The second-order valence-corrected chi connectivity index (χ2v) is 8.27. The molecule has 0 unspecified atom stereocenters. The normalized spacial score (nSPS) is 16.0. The van der Waals surface area contributed by atoms with E-state index in [1.54, 1.807) is 0 Å². The molecule has 0 amide bonds. The van der Waals surface area contributed by atoms with Crippen LogP contribution in [0.1, 0.15) is 24.0 Å². The van der Waals surface area contributed by atoms with Gasteiger partial charge in [0.1, 0.15) is 0 Å². The molecule has 0 radical (unpaired) electrons. The van der Waals surface area contributed by atoms with E-state index in [0.29, 0.717) is 6.04 Å². The van der Waals surface area contributed by atoms with Gasteiger partial charge >= 0.3 is 0 Å². The van der Waals surface area contributed by atoms with Gasteiger partial charge in [-0.05, 0) is 55.6 Å². The summed E-state index contributed by atoms with van der Waals surface area (Å²) in [6.45, 7) is 3.95. The summed E-state index contributed by atoms with van der Waals surface area (Å²) in [5.41, 5.74) is 2.62. The fourth-order valence-electron chi connectivity index (χ4n) is 3.47. The van der Waals surface area contributed by atoms with E-state index in [1.165, 1.54) is 16.1 Å². The van der Waals surface area contributed by atoms with Gasteiger partial charge in [-0.25, -0.2) is 0 Å². The summed E-state index contributed by atoms with van der Waals surface area (Å²) in [6.07, 6.45) is 2.27. The van der Waals surface area contributed by atoms with Gasteiger partial charge in [0, 0.05) is 39.3 Å². The van der Waals surface area contributed by atoms with Gasteiger partial charge in [0.05, 0.1) is 5.00 Å². The summed E-state index contributed by atoms with van der Waals surface area (Å²) >= 11 is 1.83. The van der Waals surface area contributed by atoms with Crippen molar-refractivity contribution in [3.8, 4) is 0 Å². The Bertz CT molecular complexity index is 718. The van der Waals surface area contributed by atoms with Crippen LogP contribution < -0.4 is 15.5 Å². The summed E-state index contributed by atoms with van der Waals surface area (Å²) in [5, 5.41) is 10.6. The lowest BCUT2D eigenvalue weighted by molar-refractivity contribution is 0.402. The molecule has 2 N–H and O–H groups in total. The predicted molar refractivity (Wildman–Crippen MR) is 117 cm³/mol. The average Bonchev–Trinajstić information content (AvgIpc) is 3.20. The fourth-order valence-corrected chi connectivity index (χ4v) is 4.26. The molecule has 1 aromatic carbocycles. The van der Waals surface area contributed by atoms with E-state index in [-0.39, 0.29) is 0 Å². The number of aliphatic imine (C=N–C) groups is 1. The molecule has 0 bridgehead atoms. The highest BCUT2D eigenvalue weighted by molar-refractivity contribution is 7.14. The Morgan fingerprint density at radius 2 is 1.96 bits per heavy atom. The van der Waals surface area contributed by atoms with Gasteiger partial charge in [-0.15, -0.1) is 11.3 Å². The lowest BCUT2D eigenvalue weighted by atomic mass is 10.1. The summed E-state index contributed by atoms with van der Waals surface area (Å²) in [6, 6.07) is 13.6. The van der Waals surface area contributed by atoms with Gasteiger partial charge in [0.15, 0.2) is 5.96 Å². The van der Waals surface area contributed by atoms with Crippen molar-refractivity contribution in [3.05, 3.63) is 52.9 Å². The minimum Gasteiger partial charge on any atom is -0.363 e. The van der Waals surface area contributed by atoms with Crippen molar-refractivity contribution in [2.75, 3.05) is 39.1 Å². The zero-order chi connectivity index (χ0) is 19.1. The van der Waals surface area contributed by atoms with Crippen LogP contribution in [0.15, 0.2) is 46.8 Å². The molecule has 1 aromatic heterocycles. The molecule has 0 saturated carbocycles. The third kappa shape index (κ3) is 5.97. The third-order valence-electron chi connectivity index (χ3n) is 4.83. The number of anilines is 1. The Balaban J connectivity index is 1.46. The van der Waals surface area contributed by atoms with Crippen LogP contribution in [0.2, 0.25) is 0 Å². The summed E-state index contributed by atoms with van der Waals surface area (Å²) in [5.74, 6) is 0.891. The standard InChI is InChI=1S/C21H31N5S/c1-22-21(23-15-17-6-4-7-18(14-17)16-25(2)3)24-19-9-11-26(12-10-19)20-8-5-13-27-20/h4-8,13-14,19H,9-12,15-16H2,1-3H3,(H2,22,23,24). The highest BCUT2D eigenvalue weighted by Gasteiger charge is 2.20. The van der Waals surface area contributed by atoms with Crippen molar-refractivity contribution in [2.45, 2.75) is 32.0 Å². The lowest BCUT2D eigenvalue weighted by Crippen LogP contribution is -2.48. The van der Waals surface area contributed by atoms with E-state index in [2.05, 4.69) is 81.3 Å². The molecular weight excluding hydrogens is 354 g/mol. The van der Waals surface area contributed by atoms with Crippen LogP contribution in [0.5, 0.6) is 0 Å². The topological polar surface area (TPSA) is 42.9 Å². The van der Waals surface area contributed by atoms with Gasteiger partial charge in [0.2, 0.25) is 0 Å². The maximum absolute atomic E-state index is 4.41. The van der Waals surface area contributed by atoms with Crippen LogP contribution in [0.3, 0.4) is 0 Å². The predicted octanol–water partition coefficient (Wildman–Crippen LogP) is 3.14. The van der Waals surface area contributed by atoms with Gasteiger partial charge in [0.25, 0.3) is 0 Å². The molecule has 0 spiro atoms. The first-order valence-corrected chi connectivity index (χ1v) is 10.5. The van der Waals surface area contributed by atoms with Crippen LogP contribution in [-0.4, -0.2) is 51.1 Å². The molecule has 5 nitrogen and oxygen atoms in total. The zero-order valence-electron chi connectivity index (χ0n) is 16.6. The molecule has 1 aliphatic heterocycles. The second-order valence-electron chi connectivity index (χ2n) is 7.34. The molecule has 0 aliphatic carbocycles. The number of thiophene rings is 1. The number of nitrogens with one attached hydrogen (secondary N) is 2. The largest absolute Gasteiger partial charge is 0.363 e. The molecule has 6 heteroatoms. The molecule has 1 aliphatic rings. The number of hydrogen-bond acceptors (Lipinski definition) is 4. The first kappa shape index (κ1) is 19.7.